The van der Waals surface area contributed by atoms with E-state index in [2.05, 4.69) is 42.1 Å². The third-order valence-electron chi connectivity index (χ3n) is 6.09. The number of sulfonamides is 1. The molecule has 0 spiro atoms. The van der Waals surface area contributed by atoms with Gasteiger partial charge in [0.15, 0.2) is 9.34 Å². The van der Waals surface area contributed by atoms with Gasteiger partial charge >= 0.3 is 6.09 Å². The van der Waals surface area contributed by atoms with E-state index in [4.69, 9.17) is 0 Å². The number of aryl methyl sites for hydroxylation is 1. The molecule has 3 heterocycles. The van der Waals surface area contributed by atoms with Gasteiger partial charge in [-0.05, 0) is 26.0 Å². The number of carbonyl (C=O) groups is 1. The predicted molar refractivity (Wildman–Crippen MR) is 145 cm³/mol. The van der Waals surface area contributed by atoms with Crippen LogP contribution in [0.2, 0.25) is 0 Å². The van der Waals surface area contributed by atoms with Crippen molar-refractivity contribution in [3.05, 3.63) is 30.2 Å². The van der Waals surface area contributed by atoms with E-state index in [0.29, 0.717) is 31.9 Å². The Labute approximate surface area is 220 Å². The lowest BCUT2D eigenvalue weighted by Crippen LogP contribution is -2.50. The summed E-state index contributed by atoms with van der Waals surface area (Å²) in [7, 11) is 1.49. The molecule has 0 aliphatic carbocycles. The molecule has 1 aliphatic heterocycles. The second kappa shape index (κ2) is 11.1. The molecule has 1 amide bonds. The van der Waals surface area contributed by atoms with Crippen LogP contribution < -0.4 is 15.5 Å². The zero-order chi connectivity index (χ0) is 26.7. The largest absolute Gasteiger partial charge is 0.453 e. The predicted octanol–water partition coefficient (Wildman–Crippen LogP) is 2.45. The summed E-state index contributed by atoms with van der Waals surface area (Å²) in [5, 5.41) is 7.08. The first-order valence-corrected chi connectivity index (χ1v) is 14.1. The Morgan fingerprint density at radius 1 is 1.22 bits per heavy atom. The highest BCUT2D eigenvalue weighted by atomic mass is 32.2. The minimum Gasteiger partial charge on any atom is -0.453 e. The van der Waals surface area contributed by atoms with Crippen molar-refractivity contribution >= 4 is 55.0 Å². The van der Waals surface area contributed by atoms with Gasteiger partial charge in [-0.1, -0.05) is 17.4 Å². The van der Waals surface area contributed by atoms with Gasteiger partial charge in [0.2, 0.25) is 0 Å². The number of nitrogens with one attached hydrogen (secondary N) is 2. The van der Waals surface area contributed by atoms with Crippen molar-refractivity contribution in [2.24, 2.45) is 0 Å². The smallest absolute Gasteiger partial charge is 0.413 e. The summed E-state index contributed by atoms with van der Waals surface area (Å²) >= 11 is 0.929. The van der Waals surface area contributed by atoms with Crippen LogP contribution in [-0.4, -0.2) is 98.6 Å². The number of carbonyl (C=O) groups excluding carboxylic acids is 1. The minimum absolute atomic E-state index is 0.0833. The molecule has 14 heteroatoms. The fourth-order valence-corrected chi connectivity index (χ4v) is 7.26. The van der Waals surface area contributed by atoms with Crippen molar-refractivity contribution in [1.82, 2.24) is 24.2 Å². The number of para-hydroxylation sites is 1. The lowest BCUT2D eigenvalue weighted by molar-refractivity contribution is 0.184. The number of methoxy groups -OCH3 is 1. The van der Waals surface area contributed by atoms with Crippen molar-refractivity contribution in [2.75, 3.05) is 69.5 Å². The molecule has 200 valence electrons. The summed E-state index contributed by atoms with van der Waals surface area (Å²) in [5.74, 6) is 0.777. The molecule has 0 radical (unpaired) electrons. The van der Waals surface area contributed by atoms with E-state index in [-0.39, 0.29) is 15.4 Å². The van der Waals surface area contributed by atoms with Crippen molar-refractivity contribution in [3.63, 3.8) is 0 Å². The standard InChI is InChI=1S/C23H32N8O4S2/c1-15(26-20-17-7-6-8-18(29(3)4)19(17)24-14-25-20)13-30-9-11-31(12-10-30)37(33,34)21-16(2)27-22(36-21)28-23(32)35-5/h6-8,14-15H,9-13H2,1-5H3,(H,24,25,26)(H,27,28,32). The minimum atomic E-state index is -3.72. The van der Waals surface area contributed by atoms with Crippen molar-refractivity contribution in [2.45, 2.75) is 24.1 Å². The Bertz CT molecular complexity index is 1370. The Kier molecular flexibility index (Phi) is 8.11. The highest BCUT2D eigenvalue weighted by molar-refractivity contribution is 7.91. The van der Waals surface area contributed by atoms with E-state index in [1.165, 1.54) is 11.4 Å². The normalized spacial score (nSPS) is 15.9. The molecule has 3 aromatic rings. The van der Waals surface area contributed by atoms with Crippen LogP contribution in [0.4, 0.5) is 21.4 Å². The van der Waals surface area contributed by atoms with Crippen LogP contribution in [0.3, 0.4) is 0 Å². The number of thiazole rings is 1. The monoisotopic (exact) mass is 548 g/mol. The van der Waals surface area contributed by atoms with Crippen molar-refractivity contribution < 1.29 is 17.9 Å². The summed E-state index contributed by atoms with van der Waals surface area (Å²) in [6.07, 6.45) is 0.879. The van der Waals surface area contributed by atoms with Crippen LogP contribution in [-0.2, 0) is 14.8 Å². The number of hydrogen-bond donors (Lipinski definition) is 2. The van der Waals surface area contributed by atoms with Crippen LogP contribution in [0.5, 0.6) is 0 Å². The molecule has 0 saturated carbocycles. The molecule has 1 aromatic carbocycles. The number of rotatable bonds is 8. The molecule has 2 aromatic heterocycles. The Hall–Kier alpha value is -3.07. The van der Waals surface area contributed by atoms with E-state index in [1.807, 2.05) is 37.2 Å². The third kappa shape index (κ3) is 5.92. The second-order valence-corrected chi connectivity index (χ2v) is 12.2. The first-order chi connectivity index (χ1) is 17.6. The van der Waals surface area contributed by atoms with Crippen LogP contribution in [0, 0.1) is 6.92 Å². The number of aromatic nitrogens is 3. The zero-order valence-electron chi connectivity index (χ0n) is 21.6. The van der Waals surface area contributed by atoms with Gasteiger partial charge in [0.05, 0.1) is 24.0 Å². The van der Waals surface area contributed by atoms with E-state index in [0.717, 1.165) is 40.3 Å². The molecule has 2 N–H and O–H groups in total. The van der Waals surface area contributed by atoms with Crippen molar-refractivity contribution in [1.29, 1.82) is 0 Å². The van der Waals surface area contributed by atoms with Gasteiger partial charge in [0.25, 0.3) is 10.0 Å². The van der Waals surface area contributed by atoms with Gasteiger partial charge in [-0.15, -0.1) is 0 Å². The number of piperazine rings is 1. The van der Waals surface area contributed by atoms with Gasteiger partial charge in [-0.2, -0.15) is 4.31 Å². The summed E-state index contributed by atoms with van der Waals surface area (Å²) < 4.78 is 32.7. The number of hydrogen-bond acceptors (Lipinski definition) is 11. The number of fused-ring (bicyclic) bond motifs is 1. The molecule has 4 rings (SSSR count). The summed E-state index contributed by atoms with van der Waals surface area (Å²) in [5.41, 5.74) is 2.27. The Morgan fingerprint density at radius 3 is 2.62 bits per heavy atom. The molecule has 1 atom stereocenters. The topological polar surface area (TPSA) is 133 Å². The molecule has 1 aliphatic rings. The fraction of sp³-hybridized carbons (Fsp3) is 0.478. The number of nitrogens with zero attached hydrogens (tertiary/aromatic N) is 6. The SMILES string of the molecule is COC(=O)Nc1nc(C)c(S(=O)(=O)N2CCN(CC(C)Nc3ncnc4c(N(C)C)cccc34)CC2)s1. The van der Waals surface area contributed by atoms with E-state index >= 15 is 0 Å². The maximum Gasteiger partial charge on any atom is 0.413 e. The molecule has 12 nitrogen and oxygen atoms in total. The molecule has 1 fully saturated rings. The van der Waals surface area contributed by atoms with E-state index in [1.54, 1.807) is 13.3 Å². The molecule has 37 heavy (non-hydrogen) atoms. The lowest BCUT2D eigenvalue weighted by Gasteiger charge is -2.35. The molecular weight excluding hydrogens is 516 g/mol. The average Bonchev–Trinajstić information content (AvgIpc) is 3.24. The number of ether oxygens (including phenoxy) is 1. The van der Waals surface area contributed by atoms with Crippen LogP contribution in [0.1, 0.15) is 12.6 Å². The van der Waals surface area contributed by atoms with Gasteiger partial charge < -0.3 is 15.0 Å². The highest BCUT2D eigenvalue weighted by Crippen LogP contribution is 2.31. The molecule has 1 saturated heterocycles. The summed E-state index contributed by atoms with van der Waals surface area (Å²) in [6.45, 7) is 6.39. The summed E-state index contributed by atoms with van der Waals surface area (Å²) in [6, 6.07) is 6.12. The quantitative estimate of drug-likeness (QED) is 0.432. The van der Waals surface area contributed by atoms with E-state index in [9.17, 15) is 13.2 Å². The second-order valence-electron chi connectivity index (χ2n) is 9.05. The zero-order valence-corrected chi connectivity index (χ0v) is 23.2. The first kappa shape index (κ1) is 27.0. The first-order valence-electron chi connectivity index (χ1n) is 11.8. The van der Waals surface area contributed by atoms with Crippen molar-refractivity contribution in [3.8, 4) is 0 Å². The maximum absolute atomic E-state index is 13.3. The summed E-state index contributed by atoms with van der Waals surface area (Å²) in [4.78, 5) is 28.8. The van der Waals surface area contributed by atoms with Crippen LogP contribution in [0.15, 0.2) is 28.7 Å². The molecule has 1 unspecified atom stereocenters. The van der Waals surface area contributed by atoms with Gasteiger partial charge in [-0.3, -0.25) is 10.2 Å². The fourth-order valence-electron chi connectivity index (χ4n) is 4.30. The van der Waals surface area contributed by atoms with Crippen LogP contribution >= 0.6 is 11.3 Å². The van der Waals surface area contributed by atoms with Gasteiger partial charge in [0, 0.05) is 58.2 Å². The van der Waals surface area contributed by atoms with Gasteiger partial charge in [-0.25, -0.2) is 28.2 Å². The lowest BCUT2D eigenvalue weighted by atomic mass is 10.2. The Morgan fingerprint density at radius 2 is 1.95 bits per heavy atom. The maximum atomic E-state index is 13.3. The molecular formula is C23H32N8O4S2. The number of benzene rings is 1. The number of anilines is 3. The van der Waals surface area contributed by atoms with Crippen LogP contribution in [0.25, 0.3) is 10.9 Å². The third-order valence-corrected chi connectivity index (χ3v) is 9.65. The Balaban J connectivity index is 1.37. The van der Waals surface area contributed by atoms with Gasteiger partial charge in [0.1, 0.15) is 12.1 Å². The molecule has 0 bridgehead atoms. The van der Waals surface area contributed by atoms with E-state index < -0.39 is 16.1 Å². The average molecular weight is 549 g/mol. The highest BCUT2D eigenvalue weighted by Gasteiger charge is 2.32. The number of amides is 1.